The molecule has 1 N–H and O–H groups in total. The molecule has 0 fully saturated rings. The van der Waals surface area contributed by atoms with E-state index in [-0.39, 0.29) is 11.7 Å². The quantitative estimate of drug-likeness (QED) is 0.910. The monoisotopic (exact) mass is 346 g/mol. The van der Waals surface area contributed by atoms with Crippen LogP contribution < -0.4 is 5.32 Å². The average Bonchev–Trinajstić information content (AvgIpc) is 3.05. The SMILES string of the molecule is Cc1nc(C(C)C)sc1CNC(=O)c1c(C)oc2c1C(=O)CCC2. The fourth-order valence-corrected chi connectivity index (χ4v) is 4.00. The number of Topliss-reactive ketones (excluding diaryl/α,β-unsaturated/α-hetero) is 1. The van der Waals surface area contributed by atoms with E-state index in [9.17, 15) is 9.59 Å². The maximum absolute atomic E-state index is 12.6. The summed E-state index contributed by atoms with van der Waals surface area (Å²) in [7, 11) is 0. The highest BCUT2D eigenvalue weighted by Crippen LogP contribution is 2.30. The molecule has 0 saturated heterocycles. The van der Waals surface area contributed by atoms with Gasteiger partial charge in [-0.3, -0.25) is 9.59 Å². The third kappa shape index (κ3) is 3.02. The van der Waals surface area contributed by atoms with Crippen LogP contribution in [0.1, 0.15) is 80.4 Å². The third-order valence-corrected chi connectivity index (χ3v) is 5.74. The predicted octanol–water partition coefficient (Wildman–Crippen LogP) is 3.93. The van der Waals surface area contributed by atoms with Crippen molar-refractivity contribution in [2.75, 3.05) is 0 Å². The van der Waals surface area contributed by atoms with Crippen molar-refractivity contribution < 1.29 is 14.0 Å². The van der Waals surface area contributed by atoms with Gasteiger partial charge in [-0.1, -0.05) is 13.8 Å². The van der Waals surface area contributed by atoms with E-state index in [1.54, 1.807) is 18.3 Å². The second-order valence-corrected chi connectivity index (χ2v) is 7.62. The van der Waals surface area contributed by atoms with Crippen molar-refractivity contribution in [1.29, 1.82) is 0 Å². The molecule has 0 atom stereocenters. The zero-order chi connectivity index (χ0) is 17.4. The lowest BCUT2D eigenvalue weighted by atomic mass is 9.93. The van der Waals surface area contributed by atoms with Crippen molar-refractivity contribution in [3.8, 4) is 0 Å². The van der Waals surface area contributed by atoms with Gasteiger partial charge in [0.1, 0.15) is 11.5 Å². The van der Waals surface area contributed by atoms with Crippen LogP contribution in [0.15, 0.2) is 4.42 Å². The second-order valence-electron chi connectivity index (χ2n) is 6.51. The number of aromatic nitrogens is 1. The Kier molecular flexibility index (Phi) is 4.58. The van der Waals surface area contributed by atoms with Gasteiger partial charge in [-0.15, -0.1) is 11.3 Å². The Hall–Kier alpha value is -1.95. The number of amides is 1. The number of rotatable bonds is 4. The summed E-state index contributed by atoms with van der Waals surface area (Å²) < 4.78 is 5.65. The number of carbonyl (C=O) groups is 2. The number of nitrogens with one attached hydrogen (secondary N) is 1. The largest absolute Gasteiger partial charge is 0.465 e. The van der Waals surface area contributed by atoms with E-state index in [1.165, 1.54) is 0 Å². The van der Waals surface area contributed by atoms with Gasteiger partial charge in [-0.25, -0.2) is 4.98 Å². The summed E-state index contributed by atoms with van der Waals surface area (Å²) in [6.07, 6.45) is 2.00. The normalized spacial score (nSPS) is 14.1. The molecule has 0 aliphatic heterocycles. The highest BCUT2D eigenvalue weighted by Gasteiger charge is 2.30. The van der Waals surface area contributed by atoms with Crippen LogP contribution in [0.4, 0.5) is 0 Å². The first kappa shape index (κ1) is 16.9. The number of aryl methyl sites for hydroxylation is 3. The first-order valence-corrected chi connectivity index (χ1v) is 9.10. The van der Waals surface area contributed by atoms with E-state index in [1.807, 2.05) is 6.92 Å². The van der Waals surface area contributed by atoms with E-state index in [0.717, 1.165) is 28.4 Å². The summed E-state index contributed by atoms with van der Waals surface area (Å²) in [5, 5.41) is 4.00. The number of hydrogen-bond donors (Lipinski definition) is 1. The Morgan fingerprint density at radius 2 is 2.08 bits per heavy atom. The molecule has 1 aliphatic rings. The number of fused-ring (bicyclic) bond motifs is 1. The van der Waals surface area contributed by atoms with Gasteiger partial charge in [0.25, 0.3) is 5.91 Å². The smallest absolute Gasteiger partial charge is 0.255 e. The molecule has 0 radical (unpaired) electrons. The van der Waals surface area contributed by atoms with E-state index in [4.69, 9.17) is 4.42 Å². The molecule has 0 spiro atoms. The Labute approximate surface area is 145 Å². The van der Waals surface area contributed by atoms with E-state index < -0.39 is 0 Å². The first-order valence-electron chi connectivity index (χ1n) is 8.28. The molecule has 0 saturated carbocycles. The molecule has 0 aromatic carbocycles. The van der Waals surface area contributed by atoms with Crippen LogP contribution in [-0.2, 0) is 13.0 Å². The van der Waals surface area contributed by atoms with Gasteiger partial charge in [-0.05, 0) is 20.3 Å². The molecule has 128 valence electrons. The van der Waals surface area contributed by atoms with Crippen LogP contribution in [0.3, 0.4) is 0 Å². The predicted molar refractivity (Wildman–Crippen MR) is 92.8 cm³/mol. The van der Waals surface area contributed by atoms with Gasteiger partial charge in [0, 0.05) is 23.6 Å². The zero-order valence-electron chi connectivity index (χ0n) is 14.5. The molecule has 5 nitrogen and oxygen atoms in total. The minimum atomic E-state index is -0.244. The molecular weight excluding hydrogens is 324 g/mol. The number of nitrogens with zero attached hydrogens (tertiary/aromatic N) is 1. The summed E-state index contributed by atoms with van der Waals surface area (Å²) in [6.45, 7) is 8.33. The van der Waals surface area contributed by atoms with Crippen LogP contribution in [0.2, 0.25) is 0 Å². The lowest BCUT2D eigenvalue weighted by Crippen LogP contribution is -2.25. The van der Waals surface area contributed by atoms with E-state index >= 15 is 0 Å². The van der Waals surface area contributed by atoms with Crippen molar-refractivity contribution in [2.24, 2.45) is 0 Å². The standard InChI is InChI=1S/C18H22N2O3S/c1-9(2)18-20-10(3)14(24-18)8-19-17(22)15-11(4)23-13-7-5-6-12(21)16(13)15/h9H,5-8H2,1-4H3,(H,19,22). The van der Waals surface area contributed by atoms with Gasteiger partial charge < -0.3 is 9.73 Å². The molecule has 6 heteroatoms. The fourth-order valence-electron chi connectivity index (χ4n) is 2.99. The van der Waals surface area contributed by atoms with E-state index in [0.29, 0.717) is 41.5 Å². The Morgan fingerprint density at radius 3 is 2.75 bits per heavy atom. The maximum Gasteiger partial charge on any atom is 0.255 e. The molecular formula is C18H22N2O3S. The van der Waals surface area contributed by atoms with Crippen LogP contribution in [0, 0.1) is 13.8 Å². The summed E-state index contributed by atoms with van der Waals surface area (Å²) in [4.78, 5) is 30.4. The minimum Gasteiger partial charge on any atom is -0.465 e. The highest BCUT2D eigenvalue weighted by molar-refractivity contribution is 7.11. The molecule has 2 aromatic heterocycles. The van der Waals surface area contributed by atoms with Crippen LogP contribution in [0.5, 0.6) is 0 Å². The molecule has 2 aromatic rings. The molecule has 24 heavy (non-hydrogen) atoms. The lowest BCUT2D eigenvalue weighted by molar-refractivity contribution is 0.0926. The van der Waals surface area contributed by atoms with Gasteiger partial charge in [0.2, 0.25) is 0 Å². The van der Waals surface area contributed by atoms with Gasteiger partial charge in [0.15, 0.2) is 5.78 Å². The number of ketones is 1. The van der Waals surface area contributed by atoms with Gasteiger partial charge >= 0.3 is 0 Å². The highest BCUT2D eigenvalue weighted by atomic mass is 32.1. The lowest BCUT2D eigenvalue weighted by Gasteiger charge is -2.10. The van der Waals surface area contributed by atoms with Crippen molar-refractivity contribution in [2.45, 2.75) is 59.4 Å². The van der Waals surface area contributed by atoms with E-state index in [2.05, 4.69) is 24.1 Å². The van der Waals surface area contributed by atoms with Gasteiger partial charge in [0.05, 0.1) is 28.4 Å². The third-order valence-electron chi connectivity index (χ3n) is 4.28. The minimum absolute atomic E-state index is 0.00862. The molecule has 2 heterocycles. The molecule has 0 unspecified atom stereocenters. The molecule has 1 aliphatic carbocycles. The molecule has 0 bridgehead atoms. The van der Waals surface area contributed by atoms with Crippen LogP contribution in [0.25, 0.3) is 0 Å². The van der Waals surface area contributed by atoms with Crippen molar-refractivity contribution in [3.63, 3.8) is 0 Å². The second kappa shape index (κ2) is 6.51. The Balaban J connectivity index is 1.79. The number of thiazole rings is 1. The summed E-state index contributed by atoms with van der Waals surface area (Å²) in [5.74, 6) is 1.32. The number of furan rings is 1. The zero-order valence-corrected chi connectivity index (χ0v) is 15.3. The fraction of sp³-hybridized carbons (Fsp3) is 0.500. The molecule has 1 amide bonds. The summed E-state index contributed by atoms with van der Waals surface area (Å²) >= 11 is 1.62. The maximum atomic E-state index is 12.6. The van der Waals surface area contributed by atoms with Crippen molar-refractivity contribution in [3.05, 3.63) is 38.2 Å². The Morgan fingerprint density at radius 1 is 1.33 bits per heavy atom. The van der Waals surface area contributed by atoms with Crippen LogP contribution >= 0.6 is 11.3 Å². The van der Waals surface area contributed by atoms with Crippen LogP contribution in [-0.4, -0.2) is 16.7 Å². The first-order chi connectivity index (χ1) is 11.4. The van der Waals surface area contributed by atoms with Crippen molar-refractivity contribution >= 4 is 23.0 Å². The summed E-state index contributed by atoms with van der Waals surface area (Å²) in [6, 6.07) is 0. The molecule has 3 rings (SSSR count). The summed E-state index contributed by atoms with van der Waals surface area (Å²) in [5.41, 5.74) is 1.84. The Bertz CT molecular complexity index is 802. The average molecular weight is 346 g/mol. The van der Waals surface area contributed by atoms with Crippen molar-refractivity contribution in [1.82, 2.24) is 10.3 Å². The number of carbonyl (C=O) groups excluding carboxylic acids is 2. The number of hydrogen-bond acceptors (Lipinski definition) is 5. The topological polar surface area (TPSA) is 72.2 Å². The van der Waals surface area contributed by atoms with Gasteiger partial charge in [-0.2, -0.15) is 0 Å².